The first-order valence-corrected chi connectivity index (χ1v) is 7.02. The fourth-order valence-electron chi connectivity index (χ4n) is 2.22. The highest BCUT2D eigenvalue weighted by Crippen LogP contribution is 2.29. The van der Waals surface area contributed by atoms with Gasteiger partial charge in [0.25, 0.3) is 0 Å². The third-order valence-electron chi connectivity index (χ3n) is 3.24. The van der Waals surface area contributed by atoms with Crippen molar-refractivity contribution in [2.45, 2.75) is 6.42 Å². The second-order valence-electron chi connectivity index (χ2n) is 4.78. The maximum absolute atomic E-state index is 6.01. The van der Waals surface area contributed by atoms with E-state index in [1.165, 1.54) is 5.56 Å². The SMILES string of the molecule is Clc1ccc2c(c1)C=C(C=CCc1ccccc1)CO2. The second kappa shape index (κ2) is 5.98. The Kier molecular flexibility index (Phi) is 3.89. The van der Waals surface area contributed by atoms with Crippen LogP contribution in [0.3, 0.4) is 0 Å². The Bertz CT molecular complexity index is 656. The van der Waals surface area contributed by atoms with Crippen molar-refractivity contribution in [1.29, 1.82) is 0 Å². The van der Waals surface area contributed by atoms with Crippen molar-refractivity contribution >= 4 is 17.7 Å². The van der Waals surface area contributed by atoms with Gasteiger partial charge < -0.3 is 4.74 Å². The Morgan fingerprint density at radius 2 is 1.95 bits per heavy atom. The largest absolute Gasteiger partial charge is 0.488 e. The zero-order valence-corrected chi connectivity index (χ0v) is 11.8. The number of allylic oxidation sites excluding steroid dienone is 1. The van der Waals surface area contributed by atoms with E-state index < -0.39 is 0 Å². The predicted octanol–water partition coefficient (Wildman–Crippen LogP) is 4.91. The summed E-state index contributed by atoms with van der Waals surface area (Å²) in [6.07, 6.45) is 7.35. The van der Waals surface area contributed by atoms with Gasteiger partial charge in [0, 0.05) is 10.6 Å². The van der Waals surface area contributed by atoms with E-state index in [9.17, 15) is 0 Å². The number of fused-ring (bicyclic) bond motifs is 1. The van der Waals surface area contributed by atoms with Crippen LogP contribution in [0.25, 0.3) is 6.08 Å². The highest BCUT2D eigenvalue weighted by molar-refractivity contribution is 6.30. The van der Waals surface area contributed by atoms with E-state index in [0.717, 1.165) is 28.3 Å². The zero-order valence-electron chi connectivity index (χ0n) is 11.1. The average molecular weight is 283 g/mol. The minimum absolute atomic E-state index is 0.611. The van der Waals surface area contributed by atoms with Crippen LogP contribution in [0, 0.1) is 0 Å². The molecular weight excluding hydrogens is 268 g/mol. The monoisotopic (exact) mass is 282 g/mol. The van der Waals surface area contributed by atoms with Gasteiger partial charge in [-0.3, -0.25) is 0 Å². The molecule has 1 aliphatic rings. The molecule has 0 bridgehead atoms. The smallest absolute Gasteiger partial charge is 0.127 e. The molecule has 2 aromatic rings. The van der Waals surface area contributed by atoms with E-state index in [2.05, 4.69) is 42.5 Å². The van der Waals surface area contributed by atoms with E-state index in [1.807, 2.05) is 24.3 Å². The summed E-state index contributed by atoms with van der Waals surface area (Å²) in [5, 5.41) is 0.734. The first-order chi connectivity index (χ1) is 9.81. The molecule has 20 heavy (non-hydrogen) atoms. The molecule has 0 spiro atoms. The van der Waals surface area contributed by atoms with Gasteiger partial charge in [0.15, 0.2) is 0 Å². The van der Waals surface area contributed by atoms with Crippen LogP contribution in [0.1, 0.15) is 11.1 Å². The molecule has 2 heteroatoms. The van der Waals surface area contributed by atoms with Crippen LogP contribution in [0.5, 0.6) is 5.75 Å². The van der Waals surface area contributed by atoms with Gasteiger partial charge in [-0.25, -0.2) is 0 Å². The summed E-state index contributed by atoms with van der Waals surface area (Å²) >= 11 is 6.01. The number of hydrogen-bond acceptors (Lipinski definition) is 1. The molecule has 0 N–H and O–H groups in total. The molecular formula is C18H15ClO. The zero-order chi connectivity index (χ0) is 13.8. The van der Waals surface area contributed by atoms with Crippen LogP contribution in [-0.2, 0) is 6.42 Å². The van der Waals surface area contributed by atoms with E-state index >= 15 is 0 Å². The molecule has 1 nitrogen and oxygen atoms in total. The highest BCUT2D eigenvalue weighted by Gasteiger charge is 2.09. The molecule has 0 unspecified atom stereocenters. The van der Waals surface area contributed by atoms with Gasteiger partial charge in [-0.05, 0) is 41.8 Å². The van der Waals surface area contributed by atoms with Gasteiger partial charge in [-0.1, -0.05) is 54.1 Å². The van der Waals surface area contributed by atoms with Crippen molar-refractivity contribution in [3.63, 3.8) is 0 Å². The fourth-order valence-corrected chi connectivity index (χ4v) is 2.40. The van der Waals surface area contributed by atoms with Crippen LogP contribution in [0.4, 0.5) is 0 Å². The Hall–Kier alpha value is -1.99. The van der Waals surface area contributed by atoms with E-state index in [1.54, 1.807) is 0 Å². The summed E-state index contributed by atoms with van der Waals surface area (Å²) < 4.78 is 5.72. The molecule has 2 aromatic carbocycles. The fraction of sp³-hybridized carbons (Fsp3) is 0.111. The van der Waals surface area contributed by atoms with E-state index in [0.29, 0.717) is 6.61 Å². The summed E-state index contributed by atoms with van der Waals surface area (Å²) in [7, 11) is 0. The molecule has 0 amide bonds. The van der Waals surface area contributed by atoms with E-state index in [-0.39, 0.29) is 0 Å². The van der Waals surface area contributed by atoms with Gasteiger partial charge in [0.2, 0.25) is 0 Å². The molecule has 1 heterocycles. The van der Waals surface area contributed by atoms with Crippen LogP contribution in [0.15, 0.2) is 66.3 Å². The molecule has 0 aromatic heterocycles. The lowest BCUT2D eigenvalue weighted by molar-refractivity contribution is 0.351. The quantitative estimate of drug-likeness (QED) is 0.777. The van der Waals surface area contributed by atoms with Crippen molar-refractivity contribution in [3.05, 3.63) is 82.4 Å². The molecule has 0 saturated carbocycles. The van der Waals surface area contributed by atoms with Crippen LogP contribution < -0.4 is 4.74 Å². The van der Waals surface area contributed by atoms with Crippen LogP contribution >= 0.6 is 11.6 Å². The lowest BCUT2D eigenvalue weighted by atomic mass is 10.1. The maximum Gasteiger partial charge on any atom is 0.127 e. The molecule has 0 saturated heterocycles. The molecule has 0 aliphatic carbocycles. The van der Waals surface area contributed by atoms with Crippen LogP contribution in [-0.4, -0.2) is 6.61 Å². The average Bonchev–Trinajstić information content (AvgIpc) is 2.48. The lowest BCUT2D eigenvalue weighted by Gasteiger charge is -2.16. The van der Waals surface area contributed by atoms with Gasteiger partial charge >= 0.3 is 0 Å². The number of halogens is 1. The minimum Gasteiger partial charge on any atom is -0.488 e. The van der Waals surface area contributed by atoms with E-state index in [4.69, 9.17) is 16.3 Å². The Balaban J connectivity index is 1.72. The summed E-state index contributed by atoms with van der Waals surface area (Å²) in [5.74, 6) is 0.898. The first kappa shape index (κ1) is 13.0. The normalized spacial score (nSPS) is 13.8. The van der Waals surface area contributed by atoms with Gasteiger partial charge in [-0.2, -0.15) is 0 Å². The Morgan fingerprint density at radius 3 is 2.80 bits per heavy atom. The Morgan fingerprint density at radius 1 is 1.10 bits per heavy atom. The third kappa shape index (κ3) is 3.12. The minimum atomic E-state index is 0.611. The summed E-state index contributed by atoms with van der Waals surface area (Å²) in [4.78, 5) is 0. The van der Waals surface area contributed by atoms with Gasteiger partial charge in [0.1, 0.15) is 12.4 Å². The maximum atomic E-state index is 6.01. The van der Waals surface area contributed by atoms with Crippen molar-refractivity contribution in [2.24, 2.45) is 0 Å². The predicted molar refractivity (Wildman–Crippen MR) is 84.2 cm³/mol. The van der Waals surface area contributed by atoms with Gasteiger partial charge in [-0.15, -0.1) is 0 Å². The molecule has 1 aliphatic heterocycles. The molecule has 100 valence electrons. The number of hydrogen-bond donors (Lipinski definition) is 0. The highest BCUT2D eigenvalue weighted by atomic mass is 35.5. The van der Waals surface area contributed by atoms with Crippen molar-refractivity contribution in [1.82, 2.24) is 0 Å². The first-order valence-electron chi connectivity index (χ1n) is 6.65. The van der Waals surface area contributed by atoms with Crippen LogP contribution in [0.2, 0.25) is 5.02 Å². The lowest BCUT2D eigenvalue weighted by Crippen LogP contribution is -2.05. The number of ether oxygens (including phenoxy) is 1. The second-order valence-corrected chi connectivity index (χ2v) is 5.22. The van der Waals surface area contributed by atoms with Crippen molar-refractivity contribution in [3.8, 4) is 5.75 Å². The Labute approximate surface area is 124 Å². The standard InChI is InChI=1S/C18H15ClO/c19-17-9-10-18-16(12-17)11-15(13-20-18)8-4-7-14-5-2-1-3-6-14/h1-6,8-12H,7,13H2. The summed E-state index contributed by atoms with van der Waals surface area (Å²) in [5.41, 5.74) is 3.52. The topological polar surface area (TPSA) is 9.23 Å². The number of rotatable bonds is 3. The van der Waals surface area contributed by atoms with Crippen molar-refractivity contribution < 1.29 is 4.74 Å². The molecule has 0 fully saturated rings. The molecule has 0 atom stereocenters. The molecule has 3 rings (SSSR count). The molecule has 0 radical (unpaired) electrons. The number of benzene rings is 2. The van der Waals surface area contributed by atoms with Crippen molar-refractivity contribution in [2.75, 3.05) is 6.61 Å². The summed E-state index contributed by atoms with van der Waals surface area (Å²) in [6.45, 7) is 0.611. The van der Waals surface area contributed by atoms with Gasteiger partial charge in [0.05, 0.1) is 0 Å². The summed E-state index contributed by atoms with van der Waals surface area (Å²) in [6, 6.07) is 16.1. The third-order valence-corrected chi connectivity index (χ3v) is 3.47.